The smallest absolute Gasteiger partial charge is 0.237 e. The van der Waals surface area contributed by atoms with Crippen molar-refractivity contribution < 1.29 is 13.5 Å². The summed E-state index contributed by atoms with van der Waals surface area (Å²) in [6.45, 7) is 0. The number of hydrogen-bond acceptors (Lipinski definition) is 6. The van der Waals surface area contributed by atoms with E-state index in [4.69, 9.17) is 10.5 Å². The number of benzene rings is 2. The van der Waals surface area contributed by atoms with Gasteiger partial charge >= 0.3 is 0 Å². The van der Waals surface area contributed by atoms with E-state index in [1.165, 1.54) is 19.2 Å². The SMILES string of the molecule is COc1ncc(-c2ccc3nc(N)c(Br)cc3c2)cc1NSc1ccc(F)cc1F. The van der Waals surface area contributed by atoms with Gasteiger partial charge in [0.2, 0.25) is 5.88 Å². The molecule has 5 nitrogen and oxygen atoms in total. The molecule has 2 aromatic heterocycles. The number of ether oxygens (including phenoxy) is 1. The number of nitrogen functional groups attached to an aromatic ring is 1. The van der Waals surface area contributed by atoms with Crippen LogP contribution in [0.4, 0.5) is 20.3 Å². The molecule has 0 aliphatic heterocycles. The standard InChI is InChI=1S/C21H15BrF2N4OS/c1-29-21-18(28-30-19-5-3-14(23)9-16(19)24)8-13(10-26-21)11-2-4-17-12(6-11)7-15(22)20(25)27-17/h2-10,28H,1H3,(H2,25,27). The van der Waals surface area contributed by atoms with Crippen molar-refractivity contribution in [3.8, 4) is 17.0 Å². The molecule has 0 radical (unpaired) electrons. The van der Waals surface area contributed by atoms with E-state index in [0.717, 1.165) is 44.5 Å². The minimum absolute atomic E-state index is 0.253. The van der Waals surface area contributed by atoms with Gasteiger partial charge < -0.3 is 15.2 Å². The number of nitrogens with zero attached hydrogens (tertiary/aromatic N) is 2. The van der Waals surface area contributed by atoms with E-state index in [0.29, 0.717) is 17.4 Å². The lowest BCUT2D eigenvalue weighted by molar-refractivity contribution is 0.400. The Balaban J connectivity index is 1.66. The molecule has 0 spiro atoms. The molecular weight excluding hydrogens is 474 g/mol. The second-order valence-electron chi connectivity index (χ2n) is 6.32. The Labute approximate surface area is 183 Å². The largest absolute Gasteiger partial charge is 0.480 e. The molecule has 0 amide bonds. The lowest BCUT2D eigenvalue weighted by atomic mass is 10.0. The van der Waals surface area contributed by atoms with E-state index in [2.05, 4.69) is 30.6 Å². The van der Waals surface area contributed by atoms with Crippen LogP contribution >= 0.6 is 27.9 Å². The highest BCUT2D eigenvalue weighted by Crippen LogP contribution is 2.34. The summed E-state index contributed by atoms with van der Waals surface area (Å²) in [6.07, 6.45) is 1.69. The Morgan fingerprint density at radius 2 is 1.90 bits per heavy atom. The lowest BCUT2D eigenvalue weighted by Crippen LogP contribution is -1.97. The summed E-state index contributed by atoms with van der Waals surface area (Å²) >= 11 is 4.40. The maximum atomic E-state index is 13.9. The molecule has 0 atom stereocenters. The Morgan fingerprint density at radius 3 is 2.67 bits per heavy atom. The third-order valence-electron chi connectivity index (χ3n) is 4.34. The quantitative estimate of drug-likeness (QED) is 0.333. The van der Waals surface area contributed by atoms with Gasteiger partial charge in [0.15, 0.2) is 0 Å². The van der Waals surface area contributed by atoms with E-state index in [1.807, 2.05) is 30.3 Å². The second kappa shape index (κ2) is 8.45. The lowest BCUT2D eigenvalue weighted by Gasteiger charge is -2.12. The van der Waals surface area contributed by atoms with Gasteiger partial charge in [-0.3, -0.25) is 0 Å². The molecule has 3 N–H and O–H groups in total. The number of fused-ring (bicyclic) bond motifs is 1. The molecule has 0 aliphatic rings. The first-order chi connectivity index (χ1) is 14.4. The zero-order chi connectivity index (χ0) is 21.3. The van der Waals surface area contributed by atoms with Crippen molar-refractivity contribution in [1.29, 1.82) is 0 Å². The number of aromatic nitrogens is 2. The summed E-state index contributed by atoms with van der Waals surface area (Å²) in [7, 11) is 1.50. The fraction of sp³-hybridized carbons (Fsp3) is 0.0476. The number of nitrogens with one attached hydrogen (secondary N) is 1. The number of rotatable bonds is 5. The molecule has 0 saturated heterocycles. The molecule has 0 bridgehead atoms. The number of anilines is 2. The first kappa shape index (κ1) is 20.4. The number of methoxy groups -OCH3 is 1. The van der Waals surface area contributed by atoms with Crippen LogP contribution in [0, 0.1) is 11.6 Å². The number of pyridine rings is 2. The maximum Gasteiger partial charge on any atom is 0.237 e. The Hall–Kier alpha value is -2.91. The van der Waals surface area contributed by atoms with E-state index in [1.54, 1.807) is 6.20 Å². The molecular formula is C21H15BrF2N4OS. The van der Waals surface area contributed by atoms with Crippen molar-refractivity contribution in [2.45, 2.75) is 4.90 Å². The van der Waals surface area contributed by atoms with Gasteiger partial charge in [0.25, 0.3) is 0 Å². The van der Waals surface area contributed by atoms with Crippen LogP contribution in [0.25, 0.3) is 22.0 Å². The highest BCUT2D eigenvalue weighted by atomic mass is 79.9. The Bertz CT molecular complexity index is 1260. The molecule has 4 aromatic rings. The molecule has 2 heterocycles. The summed E-state index contributed by atoms with van der Waals surface area (Å²) in [5.74, 6) is -0.496. The molecule has 4 rings (SSSR count). The van der Waals surface area contributed by atoms with Crippen LogP contribution in [-0.4, -0.2) is 17.1 Å². The van der Waals surface area contributed by atoms with Crippen LogP contribution in [0.15, 0.2) is 64.1 Å². The third kappa shape index (κ3) is 4.17. The second-order valence-corrected chi connectivity index (χ2v) is 8.03. The summed E-state index contributed by atoms with van der Waals surface area (Å²) in [5, 5.41) is 0.918. The highest BCUT2D eigenvalue weighted by Gasteiger charge is 2.11. The van der Waals surface area contributed by atoms with Crippen molar-refractivity contribution in [2.75, 3.05) is 17.6 Å². The highest BCUT2D eigenvalue weighted by molar-refractivity contribution is 9.10. The molecule has 0 saturated carbocycles. The average molecular weight is 489 g/mol. The van der Waals surface area contributed by atoms with Crippen LogP contribution in [0.2, 0.25) is 0 Å². The zero-order valence-corrected chi connectivity index (χ0v) is 18.0. The molecule has 30 heavy (non-hydrogen) atoms. The fourth-order valence-electron chi connectivity index (χ4n) is 2.86. The Kier molecular flexibility index (Phi) is 5.74. The topological polar surface area (TPSA) is 73.1 Å². The summed E-state index contributed by atoms with van der Waals surface area (Å²) < 4.78 is 36.1. The molecule has 9 heteroatoms. The first-order valence-electron chi connectivity index (χ1n) is 8.72. The van der Waals surface area contributed by atoms with Crippen molar-refractivity contribution in [1.82, 2.24) is 9.97 Å². The normalized spacial score (nSPS) is 10.9. The van der Waals surface area contributed by atoms with Gasteiger partial charge in [0.1, 0.15) is 23.1 Å². The number of halogens is 3. The van der Waals surface area contributed by atoms with E-state index < -0.39 is 11.6 Å². The van der Waals surface area contributed by atoms with E-state index >= 15 is 0 Å². The minimum atomic E-state index is -0.651. The van der Waals surface area contributed by atoms with E-state index in [9.17, 15) is 8.78 Å². The predicted octanol–water partition coefficient (Wildman–Crippen LogP) is 6.05. The van der Waals surface area contributed by atoms with Crippen molar-refractivity contribution >= 4 is 50.3 Å². The van der Waals surface area contributed by atoms with Crippen molar-refractivity contribution in [3.05, 3.63) is 70.8 Å². The molecule has 0 unspecified atom stereocenters. The van der Waals surface area contributed by atoms with Crippen LogP contribution in [0.5, 0.6) is 5.88 Å². The summed E-state index contributed by atoms with van der Waals surface area (Å²) in [4.78, 5) is 8.94. The van der Waals surface area contributed by atoms with Gasteiger partial charge in [-0.05, 0) is 69.8 Å². The summed E-state index contributed by atoms with van der Waals surface area (Å²) in [5.41, 5.74) is 8.92. The summed E-state index contributed by atoms with van der Waals surface area (Å²) in [6, 6.07) is 12.9. The molecule has 0 aliphatic carbocycles. The first-order valence-corrected chi connectivity index (χ1v) is 10.3. The number of nitrogens with two attached hydrogens (primary N) is 1. The number of hydrogen-bond donors (Lipinski definition) is 2. The van der Waals surface area contributed by atoms with Gasteiger partial charge in [-0.1, -0.05) is 6.07 Å². The van der Waals surface area contributed by atoms with E-state index in [-0.39, 0.29) is 4.90 Å². The third-order valence-corrected chi connectivity index (χ3v) is 5.85. The van der Waals surface area contributed by atoms with Crippen LogP contribution in [0.3, 0.4) is 0 Å². The predicted molar refractivity (Wildman–Crippen MR) is 119 cm³/mol. The monoisotopic (exact) mass is 488 g/mol. The van der Waals surface area contributed by atoms with Gasteiger partial charge in [-0.2, -0.15) is 0 Å². The molecule has 0 fully saturated rings. The van der Waals surface area contributed by atoms with Gasteiger partial charge in [-0.25, -0.2) is 18.7 Å². The maximum absolute atomic E-state index is 13.9. The van der Waals surface area contributed by atoms with Crippen LogP contribution < -0.4 is 15.2 Å². The van der Waals surface area contributed by atoms with Crippen LogP contribution in [0.1, 0.15) is 0 Å². The van der Waals surface area contributed by atoms with Gasteiger partial charge in [0.05, 0.1) is 22.0 Å². The van der Waals surface area contributed by atoms with Crippen molar-refractivity contribution in [2.24, 2.45) is 0 Å². The zero-order valence-electron chi connectivity index (χ0n) is 15.6. The minimum Gasteiger partial charge on any atom is -0.480 e. The van der Waals surface area contributed by atoms with Crippen molar-refractivity contribution in [3.63, 3.8) is 0 Å². The molecule has 152 valence electrons. The van der Waals surface area contributed by atoms with Crippen LogP contribution in [-0.2, 0) is 0 Å². The van der Waals surface area contributed by atoms with Gasteiger partial charge in [0, 0.05) is 23.2 Å². The Morgan fingerprint density at radius 1 is 1.07 bits per heavy atom. The van der Waals surface area contributed by atoms with Gasteiger partial charge in [-0.15, -0.1) is 0 Å². The fourth-order valence-corrected chi connectivity index (χ4v) is 3.85. The molecule has 2 aromatic carbocycles. The average Bonchev–Trinajstić information content (AvgIpc) is 2.73.